The zero-order valence-corrected chi connectivity index (χ0v) is 11.8. The van der Waals surface area contributed by atoms with Crippen molar-refractivity contribution in [2.45, 2.75) is 24.3 Å². The molecule has 17 heavy (non-hydrogen) atoms. The molecule has 94 valence electrons. The number of carbonyl (C=O) groups excluding carboxylic acids is 1. The van der Waals surface area contributed by atoms with Gasteiger partial charge in [0.15, 0.2) is 10.8 Å². The molecule has 2 unspecified atom stereocenters. The third kappa shape index (κ3) is 2.93. The first-order valence-corrected chi connectivity index (χ1v) is 7.36. The normalized spacial score (nSPS) is 24.8. The van der Waals surface area contributed by atoms with Crippen molar-refractivity contribution in [1.82, 2.24) is 4.98 Å². The van der Waals surface area contributed by atoms with Crippen LogP contribution in [-0.4, -0.2) is 41.7 Å². The average molecular weight is 272 g/mol. The number of thiazole rings is 1. The molecular formula is C11H16N2O2S2. The van der Waals surface area contributed by atoms with Crippen molar-refractivity contribution in [3.05, 3.63) is 11.1 Å². The van der Waals surface area contributed by atoms with Gasteiger partial charge in [-0.3, -0.25) is 0 Å². The molecule has 0 aromatic carbocycles. The first-order valence-electron chi connectivity index (χ1n) is 5.54. The number of methoxy groups -OCH3 is 1. The summed E-state index contributed by atoms with van der Waals surface area (Å²) in [7, 11) is 1.38. The maximum absolute atomic E-state index is 11.3. The lowest BCUT2D eigenvalue weighted by molar-refractivity contribution is 0.0595. The molecule has 1 aliphatic heterocycles. The molecule has 2 rings (SSSR count). The standard InChI is InChI=1S/C11H16N2O2S2/c1-7-4-13(5-8(2)17-7)11-12-9(6-16-11)10(14)15-3/h6-8H,4-5H2,1-3H3. The second-order valence-electron chi connectivity index (χ2n) is 4.17. The van der Waals surface area contributed by atoms with Crippen molar-refractivity contribution >= 4 is 34.2 Å². The highest BCUT2D eigenvalue weighted by atomic mass is 32.2. The fourth-order valence-corrected chi connectivity index (χ4v) is 4.08. The van der Waals surface area contributed by atoms with Gasteiger partial charge in [0.25, 0.3) is 0 Å². The van der Waals surface area contributed by atoms with Gasteiger partial charge in [-0.2, -0.15) is 11.8 Å². The predicted octanol–water partition coefficient (Wildman–Crippen LogP) is 2.26. The topological polar surface area (TPSA) is 42.4 Å². The molecule has 0 aliphatic carbocycles. The summed E-state index contributed by atoms with van der Waals surface area (Å²) in [6.07, 6.45) is 0. The van der Waals surface area contributed by atoms with Gasteiger partial charge in [0.1, 0.15) is 0 Å². The highest BCUT2D eigenvalue weighted by molar-refractivity contribution is 8.00. The van der Waals surface area contributed by atoms with Gasteiger partial charge in [0.2, 0.25) is 0 Å². The number of aromatic nitrogens is 1. The van der Waals surface area contributed by atoms with E-state index in [2.05, 4.69) is 28.5 Å². The zero-order chi connectivity index (χ0) is 12.4. The van der Waals surface area contributed by atoms with Crippen LogP contribution in [0.3, 0.4) is 0 Å². The Hall–Kier alpha value is -0.750. The van der Waals surface area contributed by atoms with E-state index in [1.807, 2.05) is 11.8 Å². The van der Waals surface area contributed by atoms with Gasteiger partial charge in [0, 0.05) is 29.0 Å². The number of nitrogens with zero attached hydrogens (tertiary/aromatic N) is 2. The Morgan fingerprint density at radius 2 is 2.12 bits per heavy atom. The maximum atomic E-state index is 11.3. The minimum Gasteiger partial charge on any atom is -0.464 e. The van der Waals surface area contributed by atoms with Crippen LogP contribution in [0.5, 0.6) is 0 Å². The summed E-state index contributed by atoms with van der Waals surface area (Å²) >= 11 is 3.51. The molecule has 2 atom stereocenters. The van der Waals surface area contributed by atoms with Crippen molar-refractivity contribution in [3.8, 4) is 0 Å². The van der Waals surface area contributed by atoms with Crippen molar-refractivity contribution in [2.24, 2.45) is 0 Å². The van der Waals surface area contributed by atoms with Crippen LogP contribution in [0.2, 0.25) is 0 Å². The van der Waals surface area contributed by atoms with Crippen LogP contribution >= 0.6 is 23.1 Å². The monoisotopic (exact) mass is 272 g/mol. The molecule has 1 aromatic rings. The molecule has 0 spiro atoms. The fourth-order valence-electron chi connectivity index (χ4n) is 1.94. The van der Waals surface area contributed by atoms with Crippen LogP contribution in [-0.2, 0) is 4.74 Å². The molecule has 0 saturated carbocycles. The largest absolute Gasteiger partial charge is 0.464 e. The van der Waals surface area contributed by atoms with E-state index in [4.69, 9.17) is 0 Å². The molecule has 0 bridgehead atoms. The van der Waals surface area contributed by atoms with Crippen LogP contribution in [0.25, 0.3) is 0 Å². The summed E-state index contributed by atoms with van der Waals surface area (Å²) < 4.78 is 4.66. The minimum absolute atomic E-state index is 0.361. The Morgan fingerprint density at radius 1 is 1.47 bits per heavy atom. The number of anilines is 1. The van der Waals surface area contributed by atoms with Crippen LogP contribution in [0, 0.1) is 0 Å². The molecule has 1 aliphatic rings. The number of hydrogen-bond donors (Lipinski definition) is 0. The average Bonchev–Trinajstić information content (AvgIpc) is 2.76. The van der Waals surface area contributed by atoms with E-state index in [-0.39, 0.29) is 5.97 Å². The number of carbonyl (C=O) groups is 1. The summed E-state index contributed by atoms with van der Waals surface area (Å²) in [5.74, 6) is -0.361. The van der Waals surface area contributed by atoms with Gasteiger partial charge in [-0.15, -0.1) is 11.3 Å². The van der Waals surface area contributed by atoms with E-state index >= 15 is 0 Å². The van der Waals surface area contributed by atoms with Crippen LogP contribution in [0.1, 0.15) is 24.3 Å². The van der Waals surface area contributed by atoms with Crippen molar-refractivity contribution in [3.63, 3.8) is 0 Å². The van der Waals surface area contributed by atoms with Gasteiger partial charge in [-0.05, 0) is 0 Å². The first kappa shape index (κ1) is 12.7. The fraction of sp³-hybridized carbons (Fsp3) is 0.636. The summed E-state index contributed by atoms with van der Waals surface area (Å²) in [5, 5.41) is 3.89. The van der Waals surface area contributed by atoms with Gasteiger partial charge in [0.05, 0.1) is 7.11 Å². The quantitative estimate of drug-likeness (QED) is 0.773. The Labute approximate surface area is 109 Å². The van der Waals surface area contributed by atoms with Crippen molar-refractivity contribution < 1.29 is 9.53 Å². The molecule has 1 fully saturated rings. The maximum Gasteiger partial charge on any atom is 0.357 e. The lowest BCUT2D eigenvalue weighted by Gasteiger charge is -2.34. The van der Waals surface area contributed by atoms with Gasteiger partial charge < -0.3 is 9.64 Å². The molecule has 0 amide bonds. The summed E-state index contributed by atoms with van der Waals surface area (Å²) in [6, 6.07) is 0. The number of rotatable bonds is 2. The Morgan fingerprint density at radius 3 is 2.71 bits per heavy atom. The van der Waals surface area contributed by atoms with Crippen LogP contribution < -0.4 is 4.90 Å². The zero-order valence-electron chi connectivity index (χ0n) is 10.2. The predicted molar refractivity (Wildman–Crippen MR) is 72.2 cm³/mol. The summed E-state index contributed by atoms with van der Waals surface area (Å²) in [4.78, 5) is 17.9. The molecule has 6 heteroatoms. The third-order valence-electron chi connectivity index (χ3n) is 2.58. The summed E-state index contributed by atoms with van der Waals surface area (Å²) in [5.41, 5.74) is 0.408. The Kier molecular flexibility index (Phi) is 3.93. The Bertz CT molecular complexity index is 398. The molecule has 2 heterocycles. The van der Waals surface area contributed by atoms with Gasteiger partial charge in [-0.1, -0.05) is 13.8 Å². The van der Waals surface area contributed by atoms with E-state index in [0.29, 0.717) is 16.2 Å². The highest BCUT2D eigenvalue weighted by Gasteiger charge is 2.25. The Balaban J connectivity index is 2.11. The second kappa shape index (κ2) is 5.27. The second-order valence-corrected chi connectivity index (χ2v) is 6.89. The number of esters is 1. The lowest BCUT2D eigenvalue weighted by atomic mass is 10.3. The molecule has 0 radical (unpaired) electrons. The minimum atomic E-state index is -0.361. The van der Waals surface area contributed by atoms with Crippen LogP contribution in [0.15, 0.2) is 5.38 Å². The molecule has 4 nitrogen and oxygen atoms in total. The SMILES string of the molecule is COC(=O)c1csc(N2CC(C)SC(C)C2)n1. The summed E-state index contributed by atoms with van der Waals surface area (Å²) in [6.45, 7) is 6.43. The molecule has 0 N–H and O–H groups in total. The number of thioether (sulfide) groups is 1. The van der Waals surface area contributed by atoms with E-state index in [0.717, 1.165) is 18.2 Å². The molecular weight excluding hydrogens is 256 g/mol. The lowest BCUT2D eigenvalue weighted by Crippen LogP contribution is -2.40. The van der Waals surface area contributed by atoms with Crippen LogP contribution in [0.4, 0.5) is 5.13 Å². The smallest absolute Gasteiger partial charge is 0.357 e. The molecule has 1 saturated heterocycles. The highest BCUT2D eigenvalue weighted by Crippen LogP contribution is 2.30. The van der Waals surface area contributed by atoms with Crippen molar-refractivity contribution in [2.75, 3.05) is 25.1 Å². The van der Waals surface area contributed by atoms with Gasteiger partial charge >= 0.3 is 5.97 Å². The van der Waals surface area contributed by atoms with Crippen molar-refractivity contribution in [1.29, 1.82) is 0 Å². The number of ether oxygens (including phenoxy) is 1. The van der Waals surface area contributed by atoms with E-state index in [1.54, 1.807) is 5.38 Å². The van der Waals surface area contributed by atoms with E-state index < -0.39 is 0 Å². The third-order valence-corrected chi connectivity index (χ3v) is 4.71. The van der Waals surface area contributed by atoms with E-state index in [1.165, 1.54) is 18.4 Å². The molecule has 1 aromatic heterocycles. The first-order chi connectivity index (χ1) is 8.10. The van der Waals surface area contributed by atoms with Gasteiger partial charge in [-0.25, -0.2) is 9.78 Å². The number of hydrogen-bond acceptors (Lipinski definition) is 6. The van der Waals surface area contributed by atoms with E-state index in [9.17, 15) is 4.79 Å².